The Morgan fingerprint density at radius 2 is 1.87 bits per heavy atom. The number of aromatic amines is 1. The van der Waals surface area contributed by atoms with Crippen molar-refractivity contribution in [3.8, 4) is 0 Å². The summed E-state index contributed by atoms with van der Waals surface area (Å²) in [4.78, 5) is 20.6. The van der Waals surface area contributed by atoms with Gasteiger partial charge in [-0.25, -0.2) is 4.79 Å². The molecule has 2 saturated heterocycles. The molecule has 0 unspecified atom stereocenters. The first-order chi connectivity index (χ1) is 11.1. The first-order valence-corrected chi connectivity index (χ1v) is 8.29. The van der Waals surface area contributed by atoms with Crippen LogP contribution in [0.5, 0.6) is 0 Å². The van der Waals surface area contributed by atoms with Crippen LogP contribution >= 0.6 is 0 Å². The molecule has 3 heterocycles. The number of nitrogens with one attached hydrogen (secondary N) is 1. The third-order valence-electron chi connectivity index (χ3n) is 5.35. The van der Waals surface area contributed by atoms with Gasteiger partial charge >= 0.3 is 5.97 Å². The van der Waals surface area contributed by atoms with E-state index in [0.717, 1.165) is 36.8 Å². The van der Waals surface area contributed by atoms with Crippen molar-refractivity contribution in [3.63, 3.8) is 0 Å². The molecule has 2 bridgehead atoms. The van der Waals surface area contributed by atoms with Crippen LogP contribution < -0.4 is 0 Å². The van der Waals surface area contributed by atoms with Crippen molar-refractivity contribution < 1.29 is 9.53 Å². The number of benzene rings is 1. The molecular weight excluding hydrogens is 290 g/mol. The van der Waals surface area contributed by atoms with Crippen LogP contribution in [-0.2, 0) is 4.74 Å². The monoisotopic (exact) mass is 313 g/mol. The largest absolute Gasteiger partial charge is 0.459 e. The number of hydrogen-bond acceptors (Lipinski definition) is 4. The van der Waals surface area contributed by atoms with Crippen molar-refractivity contribution in [2.45, 2.75) is 31.0 Å². The normalized spacial score (nSPS) is 28.9. The number of hydrogen-bond donors (Lipinski definition) is 1. The molecule has 2 aliphatic rings. The lowest BCUT2D eigenvalue weighted by Gasteiger charge is -2.49. The molecule has 0 amide bonds. The Kier molecular flexibility index (Phi) is 3.62. The van der Waals surface area contributed by atoms with E-state index in [1.165, 1.54) is 0 Å². The highest BCUT2D eigenvalue weighted by Crippen LogP contribution is 2.29. The van der Waals surface area contributed by atoms with E-state index in [2.05, 4.69) is 28.9 Å². The number of piperazine rings is 1. The fourth-order valence-electron chi connectivity index (χ4n) is 4.09. The standard InChI is InChI=1S/C18H23N3O2/c1-20-10-12-7-14(8-13(11-20)21(12)2)23-18(22)16-9-19-17-6-4-3-5-15(16)17/h3-6,9,12-14,19H,7-8,10-11H2,1-2H3/t12-,13+,14-. The lowest BCUT2D eigenvalue weighted by molar-refractivity contribution is -0.0489. The van der Waals surface area contributed by atoms with Crippen molar-refractivity contribution >= 4 is 16.9 Å². The summed E-state index contributed by atoms with van der Waals surface area (Å²) in [5.41, 5.74) is 1.61. The number of esters is 1. The molecule has 1 N–H and O–H groups in total. The summed E-state index contributed by atoms with van der Waals surface area (Å²) >= 11 is 0. The molecule has 5 nitrogen and oxygen atoms in total. The molecule has 5 heteroatoms. The number of para-hydroxylation sites is 1. The molecule has 2 aliphatic heterocycles. The molecule has 1 aromatic carbocycles. The Hall–Kier alpha value is -1.85. The molecular formula is C18H23N3O2. The lowest BCUT2D eigenvalue weighted by atomic mass is 9.90. The van der Waals surface area contributed by atoms with Crippen molar-refractivity contribution in [1.82, 2.24) is 14.8 Å². The Bertz CT molecular complexity index is 710. The number of nitrogens with zero attached hydrogens (tertiary/aromatic N) is 2. The number of rotatable bonds is 2. The lowest BCUT2D eigenvalue weighted by Crippen LogP contribution is -2.61. The van der Waals surface area contributed by atoms with Crippen LogP contribution in [0, 0.1) is 0 Å². The van der Waals surface area contributed by atoms with E-state index in [0.29, 0.717) is 17.6 Å². The van der Waals surface area contributed by atoms with E-state index in [4.69, 9.17) is 4.74 Å². The van der Waals surface area contributed by atoms with E-state index < -0.39 is 0 Å². The summed E-state index contributed by atoms with van der Waals surface area (Å²) in [5, 5.41) is 0.936. The van der Waals surface area contributed by atoms with Crippen molar-refractivity contribution in [2.75, 3.05) is 27.2 Å². The third-order valence-corrected chi connectivity index (χ3v) is 5.35. The molecule has 122 valence electrons. The van der Waals surface area contributed by atoms with Gasteiger partial charge in [0.1, 0.15) is 6.10 Å². The van der Waals surface area contributed by atoms with E-state index in [9.17, 15) is 4.79 Å². The highest BCUT2D eigenvalue weighted by atomic mass is 16.5. The number of carbonyl (C=O) groups is 1. The maximum absolute atomic E-state index is 12.6. The summed E-state index contributed by atoms with van der Waals surface area (Å²) < 4.78 is 5.86. The van der Waals surface area contributed by atoms with Crippen LogP contribution in [0.25, 0.3) is 10.9 Å². The van der Waals surface area contributed by atoms with Crippen LogP contribution in [-0.4, -0.2) is 66.1 Å². The van der Waals surface area contributed by atoms with Gasteiger partial charge in [-0.2, -0.15) is 0 Å². The number of aromatic nitrogens is 1. The Morgan fingerprint density at radius 3 is 2.61 bits per heavy atom. The molecule has 1 aromatic heterocycles. The maximum Gasteiger partial charge on any atom is 0.340 e. The summed E-state index contributed by atoms with van der Waals surface area (Å²) in [5.74, 6) is -0.205. The predicted molar refractivity (Wildman–Crippen MR) is 89.6 cm³/mol. The van der Waals surface area contributed by atoms with Gasteiger partial charge in [0.15, 0.2) is 0 Å². The number of piperidine rings is 1. The van der Waals surface area contributed by atoms with Crippen LogP contribution in [0.15, 0.2) is 30.5 Å². The minimum atomic E-state index is -0.205. The first-order valence-electron chi connectivity index (χ1n) is 8.29. The molecule has 0 aliphatic carbocycles. The van der Waals surface area contributed by atoms with Crippen molar-refractivity contribution in [1.29, 1.82) is 0 Å². The van der Waals surface area contributed by atoms with Crippen molar-refractivity contribution in [3.05, 3.63) is 36.0 Å². The number of ether oxygens (including phenoxy) is 1. The van der Waals surface area contributed by atoms with Gasteiger partial charge in [0, 0.05) is 55.1 Å². The average molecular weight is 313 g/mol. The third kappa shape index (κ3) is 2.64. The molecule has 2 fully saturated rings. The number of likely N-dealkylation sites (tertiary alicyclic amines) is 1. The van der Waals surface area contributed by atoms with Gasteiger partial charge in [0.25, 0.3) is 0 Å². The molecule has 3 atom stereocenters. The number of H-pyrrole nitrogens is 1. The van der Waals surface area contributed by atoms with Crippen molar-refractivity contribution in [2.24, 2.45) is 0 Å². The van der Waals surface area contributed by atoms with Gasteiger partial charge in [-0.1, -0.05) is 18.2 Å². The summed E-state index contributed by atoms with van der Waals surface area (Å²) in [7, 11) is 4.37. The Morgan fingerprint density at radius 1 is 1.17 bits per heavy atom. The zero-order valence-electron chi connectivity index (χ0n) is 13.7. The molecule has 4 rings (SSSR count). The van der Waals surface area contributed by atoms with E-state index in [1.807, 2.05) is 24.3 Å². The number of fused-ring (bicyclic) bond motifs is 3. The smallest absolute Gasteiger partial charge is 0.340 e. The van der Waals surface area contributed by atoms with E-state index >= 15 is 0 Å². The topological polar surface area (TPSA) is 48.6 Å². The maximum atomic E-state index is 12.6. The zero-order chi connectivity index (χ0) is 16.0. The molecule has 0 spiro atoms. The first kappa shape index (κ1) is 14.7. The van der Waals surface area contributed by atoms with Crippen LogP contribution in [0.2, 0.25) is 0 Å². The minimum Gasteiger partial charge on any atom is -0.459 e. The summed E-state index contributed by atoms with van der Waals surface area (Å²) in [6.07, 6.45) is 3.63. The van der Waals surface area contributed by atoms with Crippen LogP contribution in [0.3, 0.4) is 0 Å². The SMILES string of the molecule is CN1C[C@H]2C[C@@H](OC(=O)c3c[nH]c4ccccc34)C[C@@H](C1)N2C. The quantitative estimate of drug-likeness (QED) is 0.863. The van der Waals surface area contributed by atoms with Gasteiger partial charge in [0.05, 0.1) is 5.56 Å². The van der Waals surface area contributed by atoms with Crippen LogP contribution in [0.4, 0.5) is 0 Å². The minimum absolute atomic E-state index is 0.0241. The molecule has 23 heavy (non-hydrogen) atoms. The second kappa shape index (κ2) is 5.65. The second-order valence-electron chi connectivity index (χ2n) is 6.94. The highest BCUT2D eigenvalue weighted by molar-refractivity contribution is 6.04. The Balaban J connectivity index is 1.49. The average Bonchev–Trinajstić information content (AvgIpc) is 2.93. The van der Waals surface area contributed by atoms with Gasteiger partial charge < -0.3 is 14.6 Å². The van der Waals surface area contributed by atoms with Gasteiger partial charge in [-0.3, -0.25) is 4.90 Å². The molecule has 0 saturated carbocycles. The Labute approximate surface area is 136 Å². The zero-order valence-corrected chi connectivity index (χ0v) is 13.7. The number of carbonyl (C=O) groups excluding carboxylic acids is 1. The van der Waals surface area contributed by atoms with E-state index in [-0.39, 0.29) is 12.1 Å². The fraction of sp³-hybridized carbons (Fsp3) is 0.500. The predicted octanol–water partition coefficient (Wildman–Crippen LogP) is 2.10. The van der Waals surface area contributed by atoms with Gasteiger partial charge in [0.2, 0.25) is 0 Å². The number of likely N-dealkylation sites (N-methyl/N-ethyl adjacent to an activating group) is 2. The fourth-order valence-corrected chi connectivity index (χ4v) is 4.09. The summed E-state index contributed by atoms with van der Waals surface area (Å²) in [6, 6.07) is 8.80. The molecule has 0 radical (unpaired) electrons. The second-order valence-corrected chi connectivity index (χ2v) is 6.94. The highest BCUT2D eigenvalue weighted by Gasteiger charge is 2.39. The summed E-state index contributed by atoms with van der Waals surface area (Å²) in [6.45, 7) is 2.10. The van der Waals surface area contributed by atoms with Gasteiger partial charge in [-0.05, 0) is 20.2 Å². The molecule has 2 aromatic rings. The van der Waals surface area contributed by atoms with Crippen LogP contribution in [0.1, 0.15) is 23.2 Å². The van der Waals surface area contributed by atoms with E-state index in [1.54, 1.807) is 6.20 Å². The van der Waals surface area contributed by atoms with Gasteiger partial charge in [-0.15, -0.1) is 0 Å².